The summed E-state index contributed by atoms with van der Waals surface area (Å²) in [5.74, 6) is 0.596. The first-order valence-corrected chi connectivity index (χ1v) is 8.09. The number of aliphatic hydroxyl groups is 1. The molecule has 1 unspecified atom stereocenters. The average Bonchev–Trinajstić information content (AvgIpc) is 2.80. The zero-order valence-corrected chi connectivity index (χ0v) is 13.0. The Morgan fingerprint density at radius 2 is 2.10 bits per heavy atom. The van der Waals surface area contributed by atoms with E-state index in [4.69, 9.17) is 0 Å². The molecule has 0 spiro atoms. The van der Waals surface area contributed by atoms with Crippen molar-refractivity contribution in [2.45, 2.75) is 26.4 Å². The van der Waals surface area contributed by atoms with E-state index < -0.39 is 21.7 Å². The number of nitrogens with one attached hydrogen (secondary N) is 1. The molecule has 0 bridgehead atoms. The Hall–Kier alpha value is -1.57. The van der Waals surface area contributed by atoms with E-state index in [2.05, 4.69) is 4.98 Å². The maximum Gasteiger partial charge on any atom is 0.273 e. The standard InChI is InChI=1S/C14H18N2O4S/c1-4-21(20)8-14(3,17)13-7-10-6-12(16(18)19)9(2)5-11(10)15-13/h5-7,15,17H,4,8H2,1-3H3/t14-,21?/m0/s1. The summed E-state index contributed by atoms with van der Waals surface area (Å²) < 4.78 is 11.7. The van der Waals surface area contributed by atoms with Crippen molar-refractivity contribution >= 4 is 27.8 Å². The molecule has 0 aliphatic carbocycles. The second-order valence-electron chi connectivity index (χ2n) is 5.31. The van der Waals surface area contributed by atoms with Gasteiger partial charge in [0.25, 0.3) is 5.69 Å². The van der Waals surface area contributed by atoms with E-state index in [0.717, 1.165) is 5.52 Å². The summed E-state index contributed by atoms with van der Waals surface area (Å²) in [6.45, 7) is 5.05. The van der Waals surface area contributed by atoms with Gasteiger partial charge in [-0.15, -0.1) is 0 Å². The molecule has 0 aliphatic rings. The number of fused-ring (bicyclic) bond motifs is 1. The van der Waals surface area contributed by atoms with Gasteiger partial charge in [-0.25, -0.2) is 0 Å². The highest BCUT2D eigenvalue weighted by Crippen LogP contribution is 2.30. The Morgan fingerprint density at radius 3 is 2.67 bits per heavy atom. The van der Waals surface area contributed by atoms with Crippen molar-refractivity contribution in [1.82, 2.24) is 4.98 Å². The van der Waals surface area contributed by atoms with E-state index in [9.17, 15) is 19.8 Å². The zero-order chi connectivity index (χ0) is 15.8. The van der Waals surface area contributed by atoms with Crippen LogP contribution in [0.2, 0.25) is 0 Å². The van der Waals surface area contributed by atoms with Crippen molar-refractivity contribution in [2.75, 3.05) is 11.5 Å². The number of nitro groups is 1. The lowest BCUT2D eigenvalue weighted by Gasteiger charge is -2.22. The normalized spacial score (nSPS) is 15.9. The Kier molecular flexibility index (Phi) is 4.27. The number of aryl methyl sites for hydroxylation is 1. The molecule has 0 amide bonds. The number of benzene rings is 1. The maximum atomic E-state index is 11.7. The molecule has 2 rings (SSSR count). The number of aromatic amines is 1. The predicted octanol–water partition coefficient (Wildman–Crippen LogP) is 2.36. The van der Waals surface area contributed by atoms with Crippen LogP contribution in [0.5, 0.6) is 0 Å². The molecule has 0 fully saturated rings. The van der Waals surface area contributed by atoms with Gasteiger partial charge in [-0.1, -0.05) is 11.2 Å². The van der Waals surface area contributed by atoms with Crippen molar-refractivity contribution in [3.63, 3.8) is 0 Å². The second kappa shape index (κ2) is 5.67. The van der Waals surface area contributed by atoms with E-state index >= 15 is 0 Å². The van der Waals surface area contributed by atoms with Gasteiger partial charge in [0, 0.05) is 22.5 Å². The van der Waals surface area contributed by atoms with E-state index in [1.807, 2.05) is 0 Å². The van der Waals surface area contributed by atoms with Gasteiger partial charge in [-0.2, -0.15) is 0 Å². The van der Waals surface area contributed by atoms with E-state index in [1.165, 1.54) is 6.07 Å². The van der Waals surface area contributed by atoms with Crippen LogP contribution < -0.4 is 0 Å². The Labute approximate surface area is 125 Å². The minimum atomic E-state index is -1.26. The molecule has 0 aliphatic heterocycles. The van der Waals surface area contributed by atoms with Crippen LogP contribution in [0.15, 0.2) is 18.2 Å². The average molecular weight is 310 g/mol. The third-order valence-corrected chi connectivity index (χ3v) is 5.01. The van der Waals surface area contributed by atoms with Crippen LogP contribution >= 0.6 is 0 Å². The smallest absolute Gasteiger partial charge is 0.273 e. The van der Waals surface area contributed by atoms with Crippen molar-refractivity contribution in [2.24, 2.45) is 0 Å². The maximum absolute atomic E-state index is 11.7. The summed E-state index contributed by atoms with van der Waals surface area (Å²) in [7, 11) is 0. The number of hydrogen-bond donors (Lipinski definition) is 2. The van der Waals surface area contributed by atoms with Crippen LogP contribution in [0.3, 0.4) is 0 Å². The van der Waals surface area contributed by atoms with E-state index in [0.29, 0.717) is 22.4 Å². The summed E-state index contributed by atoms with van der Waals surface area (Å²) in [6, 6.07) is 4.84. The zero-order valence-electron chi connectivity index (χ0n) is 12.2. The lowest BCUT2D eigenvalue weighted by Crippen LogP contribution is -2.32. The fraction of sp³-hybridized carbons (Fsp3) is 0.429. The molecule has 6 nitrogen and oxygen atoms in total. The van der Waals surface area contributed by atoms with Crippen LogP contribution in [-0.4, -0.2) is 31.1 Å². The van der Waals surface area contributed by atoms with Gasteiger partial charge in [0.05, 0.1) is 10.6 Å². The van der Waals surface area contributed by atoms with Gasteiger partial charge >= 0.3 is 0 Å². The fourth-order valence-corrected chi connectivity index (χ4v) is 3.24. The number of nitrogens with zero attached hydrogens (tertiary/aromatic N) is 1. The predicted molar refractivity (Wildman–Crippen MR) is 82.8 cm³/mol. The quantitative estimate of drug-likeness (QED) is 0.502. The highest BCUT2D eigenvalue weighted by molar-refractivity contribution is 7.91. The monoisotopic (exact) mass is 310 g/mol. The molecular weight excluding hydrogens is 292 g/mol. The Bertz CT molecular complexity index is 681. The molecule has 1 aromatic heterocycles. The fourth-order valence-electron chi connectivity index (χ4n) is 2.26. The van der Waals surface area contributed by atoms with Crippen LogP contribution in [0.4, 0.5) is 5.69 Å². The summed E-state index contributed by atoms with van der Waals surface area (Å²) >= 11 is -1.11. The van der Waals surface area contributed by atoms with Crippen LogP contribution in [0, 0.1) is 17.0 Å². The summed E-state index contributed by atoms with van der Waals surface area (Å²) in [5, 5.41) is 22.1. The van der Waals surface area contributed by atoms with Crippen LogP contribution in [-0.2, 0) is 16.8 Å². The van der Waals surface area contributed by atoms with Crippen LogP contribution in [0.1, 0.15) is 25.1 Å². The van der Waals surface area contributed by atoms with E-state index in [-0.39, 0.29) is 11.4 Å². The third kappa shape index (κ3) is 3.20. The first kappa shape index (κ1) is 15.8. The topological polar surface area (TPSA) is 102 Å². The lowest BCUT2D eigenvalue weighted by molar-refractivity contribution is -0.385. The van der Waals surface area contributed by atoms with Crippen molar-refractivity contribution < 1.29 is 14.6 Å². The first-order valence-electron chi connectivity index (χ1n) is 6.60. The number of rotatable bonds is 5. The van der Waals surface area contributed by atoms with Crippen LogP contribution in [0.25, 0.3) is 10.9 Å². The number of nitro benzene ring substituents is 1. The molecule has 21 heavy (non-hydrogen) atoms. The van der Waals surface area contributed by atoms with E-state index in [1.54, 1.807) is 32.9 Å². The second-order valence-corrected chi connectivity index (χ2v) is 7.06. The van der Waals surface area contributed by atoms with Gasteiger partial charge in [-0.05, 0) is 32.9 Å². The third-order valence-electron chi connectivity index (χ3n) is 3.48. The van der Waals surface area contributed by atoms with Gasteiger partial charge in [0.1, 0.15) is 17.1 Å². The molecule has 7 heteroatoms. The number of hydrogen-bond acceptors (Lipinski definition) is 4. The molecule has 0 saturated carbocycles. The van der Waals surface area contributed by atoms with Gasteiger partial charge in [0.15, 0.2) is 0 Å². The molecule has 0 saturated heterocycles. The lowest BCUT2D eigenvalue weighted by atomic mass is 10.1. The van der Waals surface area contributed by atoms with Crippen molar-refractivity contribution in [3.05, 3.63) is 39.6 Å². The molecule has 0 radical (unpaired) electrons. The number of aromatic nitrogens is 1. The molecule has 2 atom stereocenters. The molecule has 114 valence electrons. The van der Waals surface area contributed by atoms with Gasteiger partial charge in [0.2, 0.25) is 0 Å². The number of H-pyrrole nitrogens is 1. The first-order chi connectivity index (χ1) is 9.74. The highest BCUT2D eigenvalue weighted by atomic mass is 32.2. The Morgan fingerprint density at radius 1 is 1.43 bits per heavy atom. The minimum Gasteiger partial charge on any atom is -0.616 e. The minimum absolute atomic E-state index is 0.0461. The highest BCUT2D eigenvalue weighted by Gasteiger charge is 2.31. The molecule has 2 N–H and O–H groups in total. The molecular formula is C14H18N2O4S. The van der Waals surface area contributed by atoms with Gasteiger partial charge in [-0.3, -0.25) is 10.1 Å². The SMILES string of the molecule is CC[S+]([O-])C[C@](C)(O)c1cc2cc([N+](=O)[O-])c(C)cc2[nH]1. The molecule has 1 aromatic carbocycles. The molecule has 1 heterocycles. The van der Waals surface area contributed by atoms with Crippen molar-refractivity contribution in [3.8, 4) is 0 Å². The summed E-state index contributed by atoms with van der Waals surface area (Å²) in [5.41, 5.74) is 0.570. The summed E-state index contributed by atoms with van der Waals surface area (Å²) in [4.78, 5) is 13.6. The Balaban J connectivity index is 2.45. The van der Waals surface area contributed by atoms with Crippen molar-refractivity contribution in [1.29, 1.82) is 0 Å². The summed E-state index contributed by atoms with van der Waals surface area (Å²) in [6.07, 6.45) is 0. The largest absolute Gasteiger partial charge is 0.616 e. The van der Waals surface area contributed by atoms with Gasteiger partial charge < -0.3 is 14.6 Å². The molecule has 2 aromatic rings.